The van der Waals surface area contributed by atoms with E-state index in [2.05, 4.69) is 0 Å². The van der Waals surface area contributed by atoms with Crippen LogP contribution in [0.5, 0.6) is 0 Å². The summed E-state index contributed by atoms with van der Waals surface area (Å²) in [4.78, 5) is 0. The molecule has 4 rings (SSSR count). The van der Waals surface area contributed by atoms with Crippen molar-refractivity contribution in [2.24, 2.45) is 5.92 Å². The van der Waals surface area contributed by atoms with E-state index in [1.165, 1.54) is 0 Å². The zero-order valence-electron chi connectivity index (χ0n) is 18.7. The highest BCUT2D eigenvalue weighted by molar-refractivity contribution is 5.18. The Labute approximate surface area is 180 Å². The normalized spacial score (nSPS) is 28.7. The minimum absolute atomic E-state index is 0.0234. The predicted octanol–water partition coefficient (Wildman–Crippen LogP) is 5.26. The first-order valence-corrected chi connectivity index (χ1v) is 11.0. The lowest BCUT2D eigenvalue weighted by Gasteiger charge is -2.47. The fraction of sp³-hybridized carbons (Fsp3) is 0.520. The minimum atomic E-state index is -0.489. The lowest BCUT2D eigenvalue weighted by molar-refractivity contribution is -0.370. The van der Waals surface area contributed by atoms with E-state index in [1.54, 1.807) is 0 Å². The molecule has 2 aliphatic heterocycles. The molecule has 2 aliphatic rings. The summed E-state index contributed by atoms with van der Waals surface area (Å²) in [6.45, 7) is 10.4. The van der Waals surface area contributed by atoms with Crippen molar-refractivity contribution in [3.05, 3.63) is 71.8 Å². The molecule has 2 heterocycles. The Hall–Kier alpha value is -1.76. The molecule has 2 aromatic rings. The second kappa shape index (κ2) is 12.8. The van der Waals surface area contributed by atoms with Crippen LogP contribution >= 0.6 is 0 Å². The number of aliphatic hydroxyl groups excluding tert-OH is 1. The van der Waals surface area contributed by atoms with Crippen molar-refractivity contribution in [2.75, 3.05) is 13.2 Å². The van der Waals surface area contributed by atoms with Gasteiger partial charge in [0.05, 0.1) is 12.7 Å². The molecule has 0 saturated carbocycles. The third-order valence-corrected chi connectivity index (χ3v) is 4.95. The second-order valence-electron chi connectivity index (χ2n) is 6.85. The van der Waals surface area contributed by atoms with Crippen LogP contribution in [0.3, 0.4) is 0 Å². The van der Waals surface area contributed by atoms with Crippen molar-refractivity contribution in [2.45, 2.75) is 65.5 Å². The van der Waals surface area contributed by atoms with E-state index in [0.29, 0.717) is 6.61 Å². The van der Waals surface area contributed by atoms with Crippen LogP contribution in [-0.2, 0) is 18.9 Å². The first-order chi connectivity index (χ1) is 14.8. The van der Waals surface area contributed by atoms with Gasteiger partial charge in [-0.1, -0.05) is 95.3 Å². The Morgan fingerprint density at radius 3 is 1.87 bits per heavy atom. The summed E-state index contributed by atoms with van der Waals surface area (Å²) in [6.07, 6.45) is -1.76. The van der Waals surface area contributed by atoms with E-state index in [1.807, 2.05) is 95.3 Å². The molecule has 0 spiro atoms. The molecule has 0 radical (unpaired) electrons. The molecule has 2 fully saturated rings. The molecule has 2 saturated heterocycles. The summed E-state index contributed by atoms with van der Waals surface area (Å²) in [6, 6.07) is 19.7. The fourth-order valence-electron chi connectivity index (χ4n) is 3.48. The van der Waals surface area contributed by atoms with E-state index in [9.17, 15) is 5.11 Å². The summed E-state index contributed by atoms with van der Waals surface area (Å²) in [7, 11) is 0. The molecular weight excluding hydrogens is 380 g/mol. The minimum Gasteiger partial charge on any atom is -0.396 e. The first kappa shape index (κ1) is 24.5. The van der Waals surface area contributed by atoms with Gasteiger partial charge in [-0.2, -0.15) is 0 Å². The van der Waals surface area contributed by atoms with Crippen LogP contribution < -0.4 is 0 Å². The molecule has 6 atom stereocenters. The Balaban J connectivity index is 0.000000757. The predicted molar refractivity (Wildman–Crippen MR) is 118 cm³/mol. The van der Waals surface area contributed by atoms with Crippen molar-refractivity contribution < 1.29 is 24.1 Å². The van der Waals surface area contributed by atoms with Crippen LogP contribution in [0.15, 0.2) is 60.7 Å². The molecule has 5 nitrogen and oxygen atoms in total. The summed E-state index contributed by atoms with van der Waals surface area (Å²) in [5.41, 5.74) is 1.91. The standard InChI is InChI=1S/C21H24O5.2C2H6/c1-14(12-22)18-19-17(24-21(25-18)16-10-6-3-7-11-16)13-23-20(26-19)15-8-4-2-5-9-15;2*1-2/h2-11,14,17-22H,12-13H2,1H3;2*1-2H3. The van der Waals surface area contributed by atoms with Gasteiger partial charge in [-0.15, -0.1) is 0 Å². The molecule has 0 bridgehead atoms. The van der Waals surface area contributed by atoms with Crippen molar-refractivity contribution >= 4 is 0 Å². The summed E-state index contributed by atoms with van der Waals surface area (Å²) in [5.74, 6) is -0.0767. The lowest BCUT2D eigenvalue weighted by atomic mass is 9.94. The highest BCUT2D eigenvalue weighted by atomic mass is 16.8. The Morgan fingerprint density at radius 1 is 0.800 bits per heavy atom. The monoisotopic (exact) mass is 416 g/mol. The van der Waals surface area contributed by atoms with Crippen molar-refractivity contribution in [1.29, 1.82) is 0 Å². The molecule has 6 unspecified atom stereocenters. The molecule has 30 heavy (non-hydrogen) atoms. The van der Waals surface area contributed by atoms with Crippen molar-refractivity contribution in [1.82, 2.24) is 0 Å². The molecule has 0 amide bonds. The molecule has 5 heteroatoms. The van der Waals surface area contributed by atoms with Crippen molar-refractivity contribution in [3.8, 4) is 0 Å². The number of hydrogen-bond donors (Lipinski definition) is 1. The largest absolute Gasteiger partial charge is 0.396 e. The van der Waals surface area contributed by atoms with E-state index in [4.69, 9.17) is 18.9 Å². The number of ether oxygens (including phenoxy) is 4. The van der Waals surface area contributed by atoms with E-state index >= 15 is 0 Å². The Morgan fingerprint density at radius 2 is 1.33 bits per heavy atom. The van der Waals surface area contributed by atoms with Gasteiger partial charge in [0.25, 0.3) is 0 Å². The van der Waals surface area contributed by atoms with Gasteiger partial charge in [0.1, 0.15) is 12.2 Å². The number of benzene rings is 2. The third kappa shape index (κ3) is 5.90. The van der Waals surface area contributed by atoms with Crippen LogP contribution in [0.4, 0.5) is 0 Å². The van der Waals surface area contributed by atoms with Crippen LogP contribution in [0, 0.1) is 5.92 Å². The van der Waals surface area contributed by atoms with Gasteiger partial charge in [0.15, 0.2) is 12.6 Å². The maximum Gasteiger partial charge on any atom is 0.184 e. The SMILES string of the molecule is CC.CC.CC(CO)C1OC(c2ccccc2)OC2COC(c3ccccc3)OC21. The van der Waals surface area contributed by atoms with Gasteiger partial charge >= 0.3 is 0 Å². The van der Waals surface area contributed by atoms with Gasteiger partial charge in [-0.05, 0) is 0 Å². The molecule has 0 aliphatic carbocycles. The highest BCUT2D eigenvalue weighted by Crippen LogP contribution is 2.39. The Kier molecular flexibility index (Phi) is 10.5. The molecule has 1 N–H and O–H groups in total. The van der Waals surface area contributed by atoms with Crippen LogP contribution in [-0.4, -0.2) is 36.6 Å². The lowest BCUT2D eigenvalue weighted by Crippen LogP contribution is -2.56. The summed E-state index contributed by atoms with van der Waals surface area (Å²) < 4.78 is 24.5. The average molecular weight is 417 g/mol. The van der Waals surface area contributed by atoms with E-state index < -0.39 is 12.6 Å². The first-order valence-electron chi connectivity index (χ1n) is 11.0. The summed E-state index contributed by atoms with van der Waals surface area (Å²) >= 11 is 0. The van der Waals surface area contributed by atoms with E-state index in [-0.39, 0.29) is 30.8 Å². The second-order valence-corrected chi connectivity index (χ2v) is 6.85. The maximum absolute atomic E-state index is 9.71. The quantitative estimate of drug-likeness (QED) is 0.736. The van der Waals surface area contributed by atoms with E-state index in [0.717, 1.165) is 11.1 Å². The fourth-order valence-corrected chi connectivity index (χ4v) is 3.48. The molecule has 166 valence electrons. The van der Waals surface area contributed by atoms with Gasteiger partial charge in [0.2, 0.25) is 0 Å². The van der Waals surface area contributed by atoms with Crippen LogP contribution in [0.2, 0.25) is 0 Å². The Bertz CT molecular complexity index is 691. The number of aliphatic hydroxyl groups is 1. The third-order valence-electron chi connectivity index (χ3n) is 4.95. The number of hydrogen-bond acceptors (Lipinski definition) is 5. The maximum atomic E-state index is 9.71. The molecule has 0 aromatic heterocycles. The van der Waals surface area contributed by atoms with Crippen molar-refractivity contribution in [3.63, 3.8) is 0 Å². The van der Waals surface area contributed by atoms with Gasteiger partial charge in [-0.25, -0.2) is 0 Å². The van der Waals surface area contributed by atoms with Crippen LogP contribution in [0.1, 0.15) is 58.3 Å². The smallest absolute Gasteiger partial charge is 0.184 e. The van der Waals surface area contributed by atoms with Gasteiger partial charge in [0, 0.05) is 23.7 Å². The van der Waals surface area contributed by atoms with Gasteiger partial charge in [-0.3, -0.25) is 0 Å². The molecular formula is C25H36O5. The summed E-state index contributed by atoms with van der Waals surface area (Å²) in [5, 5.41) is 9.71. The van der Waals surface area contributed by atoms with Crippen LogP contribution in [0.25, 0.3) is 0 Å². The zero-order chi connectivity index (χ0) is 21.9. The molecule has 2 aromatic carbocycles. The zero-order valence-corrected chi connectivity index (χ0v) is 18.7. The highest BCUT2D eigenvalue weighted by Gasteiger charge is 2.47. The average Bonchev–Trinajstić information content (AvgIpc) is 2.86. The number of fused-ring (bicyclic) bond motifs is 1. The number of rotatable bonds is 4. The van der Waals surface area contributed by atoms with Gasteiger partial charge < -0.3 is 24.1 Å². The topological polar surface area (TPSA) is 57.2 Å².